The van der Waals surface area contributed by atoms with Crippen LogP contribution in [0.1, 0.15) is 50.5 Å². The van der Waals surface area contributed by atoms with Gasteiger partial charge in [0.05, 0.1) is 6.54 Å². The van der Waals surface area contributed by atoms with E-state index < -0.39 is 0 Å². The van der Waals surface area contributed by atoms with Crippen molar-refractivity contribution in [3.63, 3.8) is 0 Å². The number of nitrogens with zero attached hydrogens (tertiary/aromatic N) is 2. The molecule has 0 radical (unpaired) electrons. The summed E-state index contributed by atoms with van der Waals surface area (Å²) < 4.78 is 1.09. The Kier molecular flexibility index (Phi) is 6.13. The summed E-state index contributed by atoms with van der Waals surface area (Å²) in [7, 11) is 0. The molecule has 1 heterocycles. The first-order chi connectivity index (χ1) is 15.0. The van der Waals surface area contributed by atoms with Crippen LogP contribution >= 0.6 is 15.9 Å². The zero-order chi connectivity index (χ0) is 21.4. The van der Waals surface area contributed by atoms with E-state index in [1.165, 1.54) is 44.1 Å². The van der Waals surface area contributed by atoms with Gasteiger partial charge in [-0.25, -0.2) is 0 Å². The van der Waals surface area contributed by atoms with E-state index in [-0.39, 0.29) is 23.8 Å². The van der Waals surface area contributed by atoms with Gasteiger partial charge in [-0.1, -0.05) is 28.1 Å². The average molecular weight is 488 g/mol. The lowest BCUT2D eigenvalue weighted by molar-refractivity contribution is -0.136. The molecular formula is C25H34BrN3O2. The first-order valence-electron chi connectivity index (χ1n) is 12.0. The molecule has 5 nitrogen and oxygen atoms in total. The fourth-order valence-corrected chi connectivity index (χ4v) is 7.46. The Hall–Kier alpha value is -1.40. The van der Waals surface area contributed by atoms with Crippen molar-refractivity contribution in [3.05, 3.63) is 34.3 Å². The number of hydrogen-bond acceptors (Lipinski definition) is 3. The molecule has 0 aromatic heterocycles. The van der Waals surface area contributed by atoms with Crippen LogP contribution in [-0.4, -0.2) is 54.3 Å². The second-order valence-electron chi connectivity index (χ2n) is 10.7. The van der Waals surface area contributed by atoms with Crippen molar-refractivity contribution in [1.29, 1.82) is 0 Å². The Morgan fingerprint density at radius 1 is 0.935 bits per heavy atom. The van der Waals surface area contributed by atoms with E-state index in [0.29, 0.717) is 6.42 Å². The van der Waals surface area contributed by atoms with E-state index in [1.54, 1.807) is 0 Å². The number of hydrogen-bond donors (Lipinski definition) is 1. The molecule has 0 atom stereocenters. The molecule has 1 N–H and O–H groups in total. The number of amides is 2. The van der Waals surface area contributed by atoms with E-state index in [0.717, 1.165) is 55.0 Å². The second-order valence-corrected chi connectivity index (χ2v) is 11.6. The number of carbonyl (C=O) groups is 2. The Bertz CT molecular complexity index is 781. The highest BCUT2D eigenvalue weighted by Gasteiger charge is 2.51. The second kappa shape index (κ2) is 8.86. The molecule has 1 aromatic rings. The van der Waals surface area contributed by atoms with Crippen molar-refractivity contribution in [3.8, 4) is 0 Å². The Balaban J connectivity index is 1.04. The van der Waals surface area contributed by atoms with Gasteiger partial charge in [0.25, 0.3) is 0 Å². The van der Waals surface area contributed by atoms with Crippen LogP contribution in [0, 0.1) is 23.2 Å². The lowest BCUT2D eigenvalue weighted by Gasteiger charge is -2.56. The Morgan fingerprint density at radius 2 is 1.52 bits per heavy atom. The summed E-state index contributed by atoms with van der Waals surface area (Å²) in [5, 5.41) is 2.96. The first kappa shape index (κ1) is 21.4. The quantitative estimate of drug-likeness (QED) is 0.663. The van der Waals surface area contributed by atoms with Gasteiger partial charge in [0.15, 0.2) is 0 Å². The molecule has 5 fully saturated rings. The van der Waals surface area contributed by atoms with Crippen LogP contribution in [0.5, 0.6) is 0 Å². The van der Waals surface area contributed by atoms with Crippen molar-refractivity contribution in [2.75, 3.05) is 32.7 Å². The molecule has 5 aliphatic rings. The van der Waals surface area contributed by atoms with E-state index in [1.807, 2.05) is 4.90 Å². The zero-order valence-corrected chi connectivity index (χ0v) is 19.9. The molecule has 168 valence electrons. The van der Waals surface area contributed by atoms with E-state index in [9.17, 15) is 9.59 Å². The minimum atomic E-state index is 0.0575. The molecule has 2 amide bonds. The highest BCUT2D eigenvalue weighted by atomic mass is 79.9. The minimum Gasteiger partial charge on any atom is -0.347 e. The topological polar surface area (TPSA) is 52.7 Å². The van der Waals surface area contributed by atoms with E-state index in [4.69, 9.17) is 0 Å². The Morgan fingerprint density at radius 3 is 2.10 bits per heavy atom. The normalized spacial score (nSPS) is 32.3. The summed E-state index contributed by atoms with van der Waals surface area (Å²) in [6.45, 7) is 4.29. The third kappa shape index (κ3) is 5.00. The lowest BCUT2D eigenvalue weighted by atomic mass is 9.49. The lowest BCUT2D eigenvalue weighted by Crippen LogP contribution is -2.51. The molecule has 1 aliphatic heterocycles. The Labute approximate surface area is 194 Å². The van der Waals surface area contributed by atoms with Crippen LogP contribution < -0.4 is 5.32 Å². The summed E-state index contributed by atoms with van der Waals surface area (Å²) >= 11 is 3.48. The third-order valence-electron chi connectivity index (χ3n) is 8.18. The molecule has 31 heavy (non-hydrogen) atoms. The molecule has 6 rings (SSSR count). The van der Waals surface area contributed by atoms with Crippen LogP contribution in [0.3, 0.4) is 0 Å². The number of halogens is 1. The van der Waals surface area contributed by atoms with Crippen LogP contribution in [0.25, 0.3) is 0 Å². The molecule has 4 bridgehead atoms. The van der Waals surface area contributed by atoms with Gasteiger partial charge in [-0.15, -0.1) is 0 Å². The molecule has 1 saturated heterocycles. The minimum absolute atomic E-state index is 0.0575. The summed E-state index contributed by atoms with van der Waals surface area (Å²) in [4.78, 5) is 29.7. The van der Waals surface area contributed by atoms with E-state index >= 15 is 0 Å². The fraction of sp³-hybridized carbons (Fsp3) is 0.680. The van der Waals surface area contributed by atoms with Crippen LogP contribution in [0.4, 0.5) is 0 Å². The van der Waals surface area contributed by atoms with E-state index in [2.05, 4.69) is 50.4 Å². The van der Waals surface area contributed by atoms with Crippen molar-refractivity contribution < 1.29 is 9.59 Å². The molecule has 0 unspecified atom stereocenters. The van der Waals surface area contributed by atoms with Gasteiger partial charge in [0, 0.05) is 43.6 Å². The number of carbonyl (C=O) groups excluding carboxylic acids is 2. The average Bonchev–Trinajstić information content (AvgIpc) is 2.73. The summed E-state index contributed by atoms with van der Waals surface area (Å²) in [6, 6.07) is 8.42. The predicted octanol–water partition coefficient (Wildman–Crippen LogP) is 3.82. The van der Waals surface area contributed by atoms with Gasteiger partial charge in [-0.3, -0.25) is 14.5 Å². The van der Waals surface area contributed by atoms with Gasteiger partial charge in [-0.05, 0) is 79.4 Å². The summed E-state index contributed by atoms with van der Waals surface area (Å²) in [5.74, 6) is 2.71. The van der Waals surface area contributed by atoms with Gasteiger partial charge in [0.2, 0.25) is 11.8 Å². The van der Waals surface area contributed by atoms with Crippen molar-refractivity contribution >= 4 is 27.7 Å². The summed E-state index contributed by atoms with van der Waals surface area (Å²) in [5.41, 5.74) is 1.53. The molecule has 4 saturated carbocycles. The SMILES string of the molecule is O=C(CC12CC3CC(CC(C3)C1)C2)NCC(=O)N1CCN(Cc2ccc(Br)cc2)CC1. The zero-order valence-electron chi connectivity index (χ0n) is 18.3. The number of rotatable bonds is 6. The summed E-state index contributed by atoms with van der Waals surface area (Å²) in [6.07, 6.45) is 8.53. The maximum absolute atomic E-state index is 12.7. The fourth-order valence-electron chi connectivity index (χ4n) is 7.20. The van der Waals surface area contributed by atoms with Gasteiger partial charge in [0.1, 0.15) is 0 Å². The first-order valence-corrected chi connectivity index (χ1v) is 12.8. The standard InChI is InChI=1S/C25H34BrN3O2/c26-22-3-1-18(2-4-22)17-28-5-7-29(8-6-28)24(31)16-27-23(30)15-25-12-19-9-20(13-25)11-21(10-19)14-25/h1-4,19-21H,5-17H2,(H,27,30). The third-order valence-corrected chi connectivity index (χ3v) is 8.71. The molecular weight excluding hydrogens is 454 g/mol. The van der Waals surface area contributed by atoms with Gasteiger partial charge < -0.3 is 10.2 Å². The van der Waals surface area contributed by atoms with Crippen molar-refractivity contribution in [2.45, 2.75) is 51.5 Å². The monoisotopic (exact) mass is 487 g/mol. The van der Waals surface area contributed by atoms with Crippen LogP contribution in [0.15, 0.2) is 28.7 Å². The number of benzene rings is 1. The van der Waals surface area contributed by atoms with Crippen molar-refractivity contribution in [1.82, 2.24) is 15.1 Å². The van der Waals surface area contributed by atoms with Gasteiger partial charge in [-0.2, -0.15) is 0 Å². The molecule has 4 aliphatic carbocycles. The molecule has 1 aromatic carbocycles. The number of nitrogens with one attached hydrogen (secondary N) is 1. The highest BCUT2D eigenvalue weighted by molar-refractivity contribution is 9.10. The smallest absolute Gasteiger partial charge is 0.242 e. The molecule has 0 spiro atoms. The van der Waals surface area contributed by atoms with Crippen molar-refractivity contribution in [2.24, 2.45) is 23.2 Å². The molecule has 6 heteroatoms. The van der Waals surface area contributed by atoms with Crippen LogP contribution in [0.2, 0.25) is 0 Å². The van der Waals surface area contributed by atoms with Crippen LogP contribution in [-0.2, 0) is 16.1 Å². The largest absolute Gasteiger partial charge is 0.347 e. The maximum Gasteiger partial charge on any atom is 0.242 e. The highest BCUT2D eigenvalue weighted by Crippen LogP contribution is 2.61. The maximum atomic E-state index is 12.7. The number of piperazine rings is 1. The van der Waals surface area contributed by atoms with Gasteiger partial charge >= 0.3 is 0 Å². The predicted molar refractivity (Wildman–Crippen MR) is 124 cm³/mol.